The average molecular weight is 257 g/mol. The first kappa shape index (κ1) is 12.2. The Morgan fingerprint density at radius 1 is 1.21 bits per heavy atom. The van der Waals surface area contributed by atoms with Gasteiger partial charge in [0.05, 0.1) is 12.6 Å². The second kappa shape index (κ2) is 5.02. The van der Waals surface area contributed by atoms with E-state index in [4.69, 9.17) is 4.74 Å². The molecule has 0 saturated carbocycles. The smallest absolute Gasteiger partial charge is 0.127 e. The van der Waals surface area contributed by atoms with Crippen LogP contribution in [0.2, 0.25) is 0 Å². The fraction of sp³-hybridized carbons (Fsp3) is 0.250. The first-order chi connectivity index (χ1) is 9.29. The number of hydrogen-bond donors (Lipinski definition) is 1. The number of fused-ring (bicyclic) bond motifs is 1. The predicted molar refractivity (Wildman–Crippen MR) is 72.9 cm³/mol. The zero-order valence-electron chi connectivity index (χ0n) is 10.8. The lowest BCUT2D eigenvalue weighted by Crippen LogP contribution is -2.18. The Morgan fingerprint density at radius 3 is 2.84 bits per heavy atom. The SMILES string of the molecule is CNC(c1cccc(F)c1)c1cccc2c1OCC2. The van der Waals surface area contributed by atoms with Crippen molar-refractivity contribution in [1.29, 1.82) is 0 Å². The maximum Gasteiger partial charge on any atom is 0.127 e. The molecule has 0 aromatic heterocycles. The fourth-order valence-corrected chi connectivity index (χ4v) is 2.66. The van der Waals surface area contributed by atoms with Crippen molar-refractivity contribution < 1.29 is 9.13 Å². The molecule has 0 aliphatic carbocycles. The first-order valence-corrected chi connectivity index (χ1v) is 6.47. The minimum absolute atomic E-state index is 0.0521. The van der Waals surface area contributed by atoms with Crippen LogP contribution in [0.1, 0.15) is 22.7 Å². The van der Waals surface area contributed by atoms with Gasteiger partial charge in [-0.3, -0.25) is 0 Å². The predicted octanol–water partition coefficient (Wildman–Crippen LogP) is 3.07. The third-order valence-corrected chi connectivity index (χ3v) is 3.53. The van der Waals surface area contributed by atoms with Gasteiger partial charge in [0.25, 0.3) is 0 Å². The highest BCUT2D eigenvalue weighted by molar-refractivity contribution is 5.48. The summed E-state index contributed by atoms with van der Waals surface area (Å²) in [4.78, 5) is 0. The van der Waals surface area contributed by atoms with Gasteiger partial charge in [0.15, 0.2) is 0 Å². The van der Waals surface area contributed by atoms with Crippen LogP contribution in [0.3, 0.4) is 0 Å². The Labute approximate surface area is 112 Å². The summed E-state index contributed by atoms with van der Waals surface area (Å²) in [5.74, 6) is 0.734. The molecule has 2 aromatic rings. The van der Waals surface area contributed by atoms with E-state index in [1.54, 1.807) is 12.1 Å². The van der Waals surface area contributed by atoms with Crippen molar-refractivity contribution in [2.45, 2.75) is 12.5 Å². The normalized spacial score (nSPS) is 14.8. The summed E-state index contributed by atoms with van der Waals surface area (Å²) >= 11 is 0. The number of halogens is 1. The van der Waals surface area contributed by atoms with Crippen molar-refractivity contribution in [2.24, 2.45) is 0 Å². The largest absolute Gasteiger partial charge is 0.493 e. The van der Waals surface area contributed by atoms with Gasteiger partial charge in [-0.05, 0) is 30.3 Å². The van der Waals surface area contributed by atoms with Crippen LogP contribution in [0.15, 0.2) is 42.5 Å². The van der Waals surface area contributed by atoms with E-state index in [0.717, 1.165) is 29.9 Å². The number of ether oxygens (including phenoxy) is 1. The summed E-state index contributed by atoms with van der Waals surface area (Å²) in [5.41, 5.74) is 3.21. The van der Waals surface area contributed by atoms with Crippen LogP contribution in [0.4, 0.5) is 4.39 Å². The van der Waals surface area contributed by atoms with Crippen molar-refractivity contribution in [3.8, 4) is 5.75 Å². The molecule has 2 aromatic carbocycles. The van der Waals surface area contributed by atoms with Crippen LogP contribution < -0.4 is 10.1 Å². The van der Waals surface area contributed by atoms with Crippen molar-refractivity contribution in [1.82, 2.24) is 5.32 Å². The van der Waals surface area contributed by atoms with Crippen molar-refractivity contribution in [3.05, 3.63) is 65.0 Å². The van der Waals surface area contributed by atoms with Gasteiger partial charge >= 0.3 is 0 Å². The van der Waals surface area contributed by atoms with E-state index in [2.05, 4.69) is 11.4 Å². The van der Waals surface area contributed by atoms with Gasteiger partial charge in [0.2, 0.25) is 0 Å². The summed E-state index contributed by atoms with van der Waals surface area (Å²) in [7, 11) is 1.88. The maximum absolute atomic E-state index is 13.4. The molecule has 1 N–H and O–H groups in total. The Balaban J connectivity index is 2.06. The number of nitrogens with one attached hydrogen (secondary N) is 1. The zero-order valence-corrected chi connectivity index (χ0v) is 10.8. The van der Waals surface area contributed by atoms with Crippen LogP contribution >= 0.6 is 0 Å². The molecule has 0 saturated heterocycles. The molecule has 3 heteroatoms. The molecule has 1 atom stereocenters. The molecule has 0 bridgehead atoms. The highest BCUT2D eigenvalue weighted by atomic mass is 19.1. The number of hydrogen-bond acceptors (Lipinski definition) is 2. The topological polar surface area (TPSA) is 21.3 Å². The molecule has 3 rings (SSSR count). The van der Waals surface area contributed by atoms with Gasteiger partial charge in [-0.1, -0.05) is 30.3 Å². The number of rotatable bonds is 3. The molecule has 19 heavy (non-hydrogen) atoms. The Bertz CT molecular complexity index is 597. The molecule has 1 heterocycles. The van der Waals surface area contributed by atoms with E-state index in [-0.39, 0.29) is 11.9 Å². The van der Waals surface area contributed by atoms with Crippen molar-refractivity contribution in [3.63, 3.8) is 0 Å². The molecular weight excluding hydrogens is 241 g/mol. The van der Waals surface area contributed by atoms with E-state index in [1.165, 1.54) is 11.6 Å². The van der Waals surface area contributed by atoms with Gasteiger partial charge in [-0.15, -0.1) is 0 Å². The lowest BCUT2D eigenvalue weighted by Gasteiger charge is -2.19. The van der Waals surface area contributed by atoms with E-state index in [1.807, 2.05) is 25.2 Å². The molecule has 0 amide bonds. The van der Waals surface area contributed by atoms with Crippen LogP contribution in [-0.4, -0.2) is 13.7 Å². The standard InChI is InChI=1S/C16H16FNO/c1-18-15(12-5-2-6-13(17)10-12)14-7-3-4-11-8-9-19-16(11)14/h2-7,10,15,18H,8-9H2,1H3. The van der Waals surface area contributed by atoms with Crippen LogP contribution in [0, 0.1) is 5.82 Å². The van der Waals surface area contributed by atoms with E-state index in [0.29, 0.717) is 0 Å². The molecule has 0 fully saturated rings. The summed E-state index contributed by atoms with van der Waals surface area (Å²) in [6.45, 7) is 0.728. The quantitative estimate of drug-likeness (QED) is 0.912. The molecular formula is C16H16FNO. The molecule has 0 radical (unpaired) electrons. The maximum atomic E-state index is 13.4. The Morgan fingerprint density at radius 2 is 2.05 bits per heavy atom. The van der Waals surface area contributed by atoms with Gasteiger partial charge in [0.1, 0.15) is 11.6 Å². The lowest BCUT2D eigenvalue weighted by atomic mass is 9.96. The second-order valence-corrected chi connectivity index (χ2v) is 4.71. The monoisotopic (exact) mass is 257 g/mol. The van der Waals surface area contributed by atoms with Crippen LogP contribution in [0.5, 0.6) is 5.75 Å². The first-order valence-electron chi connectivity index (χ1n) is 6.47. The van der Waals surface area contributed by atoms with Gasteiger partial charge in [-0.25, -0.2) is 4.39 Å². The van der Waals surface area contributed by atoms with Crippen LogP contribution in [0.25, 0.3) is 0 Å². The minimum Gasteiger partial charge on any atom is -0.493 e. The van der Waals surface area contributed by atoms with Gasteiger partial charge in [0, 0.05) is 12.0 Å². The van der Waals surface area contributed by atoms with E-state index in [9.17, 15) is 4.39 Å². The van der Waals surface area contributed by atoms with E-state index < -0.39 is 0 Å². The summed E-state index contributed by atoms with van der Waals surface area (Å²) in [6.07, 6.45) is 0.947. The van der Waals surface area contributed by atoms with Gasteiger partial charge in [-0.2, -0.15) is 0 Å². The lowest BCUT2D eigenvalue weighted by molar-refractivity contribution is 0.351. The van der Waals surface area contributed by atoms with Crippen molar-refractivity contribution >= 4 is 0 Å². The van der Waals surface area contributed by atoms with Crippen LogP contribution in [-0.2, 0) is 6.42 Å². The number of para-hydroxylation sites is 1. The third kappa shape index (κ3) is 2.22. The second-order valence-electron chi connectivity index (χ2n) is 4.71. The molecule has 2 nitrogen and oxygen atoms in total. The number of benzene rings is 2. The zero-order chi connectivity index (χ0) is 13.2. The Hall–Kier alpha value is -1.87. The molecule has 0 spiro atoms. The minimum atomic E-state index is -0.216. The Kier molecular flexibility index (Phi) is 3.22. The summed E-state index contributed by atoms with van der Waals surface area (Å²) < 4.78 is 19.1. The van der Waals surface area contributed by atoms with Crippen molar-refractivity contribution in [2.75, 3.05) is 13.7 Å². The summed E-state index contributed by atoms with van der Waals surface area (Å²) in [6, 6.07) is 12.8. The highest BCUT2D eigenvalue weighted by Crippen LogP contribution is 2.36. The van der Waals surface area contributed by atoms with Gasteiger partial charge < -0.3 is 10.1 Å². The molecule has 1 aliphatic rings. The molecule has 98 valence electrons. The average Bonchev–Trinajstić information content (AvgIpc) is 2.89. The molecule has 1 unspecified atom stereocenters. The van der Waals surface area contributed by atoms with E-state index >= 15 is 0 Å². The highest BCUT2D eigenvalue weighted by Gasteiger charge is 2.22. The molecule has 1 aliphatic heterocycles. The fourth-order valence-electron chi connectivity index (χ4n) is 2.66. The summed E-state index contributed by atoms with van der Waals surface area (Å²) in [5, 5.41) is 3.24. The third-order valence-electron chi connectivity index (χ3n) is 3.53.